The lowest BCUT2D eigenvalue weighted by Gasteiger charge is -2.34. The maximum absolute atomic E-state index is 4.95. The van der Waals surface area contributed by atoms with Gasteiger partial charge in [0.25, 0.3) is 0 Å². The summed E-state index contributed by atoms with van der Waals surface area (Å²) in [6.07, 6.45) is 9.37. The predicted molar refractivity (Wildman–Crippen MR) is 83.9 cm³/mol. The molecule has 19 heavy (non-hydrogen) atoms. The Morgan fingerprint density at radius 3 is 2.37 bits per heavy atom. The Bertz CT molecular complexity index is 376. The molecule has 2 nitrogen and oxygen atoms in total. The van der Waals surface area contributed by atoms with E-state index in [0.717, 1.165) is 6.54 Å². The van der Waals surface area contributed by atoms with Gasteiger partial charge in [0, 0.05) is 5.38 Å². The smallest absolute Gasteiger partial charge is 0.113 e. The fourth-order valence-electron chi connectivity index (χ4n) is 3.08. The molecule has 1 aromatic heterocycles. The van der Waals surface area contributed by atoms with Crippen LogP contribution in [0.2, 0.25) is 0 Å². The highest BCUT2D eigenvalue weighted by molar-refractivity contribution is 7.09. The van der Waals surface area contributed by atoms with Crippen LogP contribution in [-0.4, -0.2) is 11.5 Å². The minimum Gasteiger partial charge on any atom is -0.306 e. The summed E-state index contributed by atoms with van der Waals surface area (Å²) in [5.74, 6) is 0.539. The van der Waals surface area contributed by atoms with Crippen LogP contribution in [0.5, 0.6) is 0 Å². The molecule has 1 heterocycles. The molecule has 108 valence electrons. The minimum absolute atomic E-state index is 0.160. The van der Waals surface area contributed by atoms with Crippen LogP contribution in [0.1, 0.15) is 82.3 Å². The highest BCUT2D eigenvalue weighted by atomic mass is 32.1. The van der Waals surface area contributed by atoms with Gasteiger partial charge < -0.3 is 5.32 Å². The average Bonchev–Trinajstić information content (AvgIpc) is 2.83. The summed E-state index contributed by atoms with van der Waals surface area (Å²) < 4.78 is 0. The molecule has 0 unspecified atom stereocenters. The first-order valence-electron chi connectivity index (χ1n) is 7.89. The summed E-state index contributed by atoms with van der Waals surface area (Å²) in [6.45, 7) is 7.72. The van der Waals surface area contributed by atoms with Crippen molar-refractivity contribution in [1.82, 2.24) is 10.3 Å². The standard InChI is InChI=1S/C16H28N2S/c1-4-17-16(10-8-6-5-7-9-11-16)15-18-14(12-19-15)13(2)3/h12-13,17H,4-11H2,1-3H3. The number of thiazole rings is 1. The first kappa shape index (κ1) is 15.0. The summed E-state index contributed by atoms with van der Waals surface area (Å²) in [4.78, 5) is 4.95. The Balaban J connectivity index is 2.24. The van der Waals surface area contributed by atoms with Crippen molar-refractivity contribution in [3.63, 3.8) is 0 Å². The Hall–Kier alpha value is -0.410. The molecule has 1 saturated carbocycles. The van der Waals surface area contributed by atoms with Crippen LogP contribution < -0.4 is 5.32 Å². The second-order valence-corrected chi connectivity index (χ2v) is 6.97. The number of hydrogen-bond acceptors (Lipinski definition) is 3. The first-order valence-corrected chi connectivity index (χ1v) is 8.77. The van der Waals surface area contributed by atoms with Crippen LogP contribution in [-0.2, 0) is 5.54 Å². The van der Waals surface area contributed by atoms with Crippen LogP contribution in [0.3, 0.4) is 0 Å². The van der Waals surface area contributed by atoms with Crippen molar-refractivity contribution in [2.45, 2.75) is 77.2 Å². The molecule has 1 aliphatic carbocycles. The monoisotopic (exact) mass is 280 g/mol. The van der Waals surface area contributed by atoms with Gasteiger partial charge in [-0.25, -0.2) is 4.98 Å². The third-order valence-electron chi connectivity index (χ3n) is 4.25. The lowest BCUT2D eigenvalue weighted by Crippen LogP contribution is -2.42. The molecule has 1 aromatic rings. The fourth-order valence-corrected chi connectivity index (χ4v) is 4.30. The number of nitrogens with zero attached hydrogens (tertiary/aromatic N) is 1. The van der Waals surface area contributed by atoms with Gasteiger partial charge in [-0.05, 0) is 25.3 Å². The molecule has 0 amide bonds. The molecule has 0 spiro atoms. The van der Waals surface area contributed by atoms with Gasteiger partial charge >= 0.3 is 0 Å². The highest BCUT2D eigenvalue weighted by Gasteiger charge is 2.34. The van der Waals surface area contributed by atoms with E-state index in [4.69, 9.17) is 4.98 Å². The molecule has 1 fully saturated rings. The van der Waals surface area contributed by atoms with Crippen molar-refractivity contribution >= 4 is 11.3 Å². The quantitative estimate of drug-likeness (QED) is 0.855. The van der Waals surface area contributed by atoms with Gasteiger partial charge in [0.2, 0.25) is 0 Å². The van der Waals surface area contributed by atoms with E-state index in [0.29, 0.717) is 5.92 Å². The van der Waals surface area contributed by atoms with Crippen molar-refractivity contribution in [3.05, 3.63) is 16.1 Å². The molecular formula is C16H28N2S. The normalized spacial score (nSPS) is 20.2. The maximum Gasteiger partial charge on any atom is 0.113 e. The van der Waals surface area contributed by atoms with Crippen LogP contribution in [0.15, 0.2) is 5.38 Å². The number of hydrogen-bond donors (Lipinski definition) is 1. The first-order chi connectivity index (χ1) is 9.18. The van der Waals surface area contributed by atoms with E-state index in [2.05, 4.69) is 31.5 Å². The molecule has 3 heteroatoms. The molecule has 1 aliphatic rings. The van der Waals surface area contributed by atoms with E-state index < -0.39 is 0 Å². The molecule has 0 bridgehead atoms. The Morgan fingerprint density at radius 2 is 1.84 bits per heavy atom. The van der Waals surface area contributed by atoms with E-state index in [1.807, 2.05) is 11.3 Å². The zero-order chi connectivity index (χ0) is 13.7. The van der Waals surface area contributed by atoms with Crippen molar-refractivity contribution in [3.8, 4) is 0 Å². The summed E-state index contributed by atoms with van der Waals surface area (Å²) in [7, 11) is 0. The van der Waals surface area contributed by atoms with Crippen molar-refractivity contribution in [2.24, 2.45) is 0 Å². The van der Waals surface area contributed by atoms with Gasteiger partial charge in [-0.3, -0.25) is 0 Å². The minimum atomic E-state index is 0.160. The molecule has 0 aromatic carbocycles. The molecule has 1 N–H and O–H groups in total. The largest absolute Gasteiger partial charge is 0.306 e. The number of aromatic nitrogens is 1. The fraction of sp³-hybridized carbons (Fsp3) is 0.812. The van der Waals surface area contributed by atoms with E-state index in [9.17, 15) is 0 Å². The van der Waals surface area contributed by atoms with Crippen LogP contribution in [0.25, 0.3) is 0 Å². The molecular weight excluding hydrogens is 252 g/mol. The summed E-state index contributed by atoms with van der Waals surface area (Å²) >= 11 is 1.87. The van der Waals surface area contributed by atoms with Gasteiger partial charge in [0.15, 0.2) is 0 Å². The highest BCUT2D eigenvalue weighted by Crippen LogP contribution is 2.37. The van der Waals surface area contributed by atoms with Gasteiger partial charge in [-0.2, -0.15) is 0 Å². The Morgan fingerprint density at radius 1 is 1.21 bits per heavy atom. The van der Waals surface area contributed by atoms with Crippen LogP contribution in [0, 0.1) is 0 Å². The lowest BCUT2D eigenvalue weighted by atomic mass is 9.84. The molecule has 0 aliphatic heterocycles. The lowest BCUT2D eigenvalue weighted by molar-refractivity contribution is 0.256. The third-order valence-corrected chi connectivity index (χ3v) is 5.31. The molecule has 2 rings (SSSR count). The van der Waals surface area contributed by atoms with E-state index in [1.165, 1.54) is 55.6 Å². The number of rotatable bonds is 4. The van der Waals surface area contributed by atoms with Crippen molar-refractivity contribution in [2.75, 3.05) is 6.54 Å². The maximum atomic E-state index is 4.95. The molecule has 0 saturated heterocycles. The average molecular weight is 280 g/mol. The summed E-state index contributed by atoms with van der Waals surface area (Å²) in [5.41, 5.74) is 1.42. The van der Waals surface area contributed by atoms with Crippen LogP contribution >= 0.6 is 11.3 Å². The Labute approximate surface area is 122 Å². The topological polar surface area (TPSA) is 24.9 Å². The zero-order valence-corrected chi connectivity index (χ0v) is 13.5. The molecule has 0 atom stereocenters. The second-order valence-electron chi connectivity index (χ2n) is 6.11. The SMILES string of the molecule is CCNC1(c2nc(C(C)C)cs2)CCCCCCC1. The number of nitrogens with one attached hydrogen (secondary N) is 1. The van der Waals surface area contributed by atoms with Gasteiger partial charge in [0.1, 0.15) is 5.01 Å². The summed E-state index contributed by atoms with van der Waals surface area (Å²) in [6, 6.07) is 0. The zero-order valence-electron chi connectivity index (χ0n) is 12.7. The van der Waals surface area contributed by atoms with Crippen molar-refractivity contribution in [1.29, 1.82) is 0 Å². The van der Waals surface area contributed by atoms with Crippen LogP contribution in [0.4, 0.5) is 0 Å². The van der Waals surface area contributed by atoms with Crippen molar-refractivity contribution < 1.29 is 0 Å². The summed E-state index contributed by atoms with van der Waals surface area (Å²) in [5, 5.41) is 7.38. The van der Waals surface area contributed by atoms with E-state index in [1.54, 1.807) is 0 Å². The Kier molecular flexibility index (Phi) is 5.40. The van der Waals surface area contributed by atoms with E-state index >= 15 is 0 Å². The predicted octanol–water partition coefficient (Wildman–Crippen LogP) is 4.82. The second kappa shape index (κ2) is 6.85. The van der Waals surface area contributed by atoms with Gasteiger partial charge in [0.05, 0.1) is 11.2 Å². The van der Waals surface area contributed by atoms with E-state index in [-0.39, 0.29) is 5.54 Å². The molecule has 0 radical (unpaired) electrons. The third kappa shape index (κ3) is 3.57. The van der Waals surface area contributed by atoms with Gasteiger partial charge in [-0.1, -0.05) is 52.9 Å². The van der Waals surface area contributed by atoms with Gasteiger partial charge in [-0.15, -0.1) is 11.3 Å².